The molecule has 1 aliphatic carbocycles. The van der Waals surface area contributed by atoms with Crippen LogP contribution in [0.5, 0.6) is 0 Å². The van der Waals surface area contributed by atoms with Crippen LogP contribution in [0.4, 0.5) is 0 Å². The summed E-state index contributed by atoms with van der Waals surface area (Å²) in [6.07, 6.45) is 13.5. The lowest BCUT2D eigenvalue weighted by molar-refractivity contribution is 0.699. The van der Waals surface area contributed by atoms with Crippen molar-refractivity contribution in [1.82, 2.24) is 0 Å². The third kappa shape index (κ3) is 3.31. The Labute approximate surface area is 87.8 Å². The Kier molecular flexibility index (Phi) is 4.95. The maximum absolute atomic E-state index is 5.45. The van der Waals surface area contributed by atoms with E-state index in [-0.39, 0.29) is 0 Å². The minimum atomic E-state index is 1.01. The second-order valence-electron chi connectivity index (χ2n) is 3.71. The molecule has 0 nitrogen and oxygen atoms in total. The predicted molar refractivity (Wildman–Crippen MR) is 61.6 cm³/mol. The van der Waals surface area contributed by atoms with Gasteiger partial charge in [0.25, 0.3) is 0 Å². The summed E-state index contributed by atoms with van der Waals surface area (Å²) in [5, 5.41) is 0. The van der Waals surface area contributed by atoms with E-state index in [0.717, 1.165) is 24.8 Å². The van der Waals surface area contributed by atoms with Gasteiger partial charge in [-0.3, -0.25) is 0 Å². The molecule has 0 bridgehead atoms. The summed E-state index contributed by atoms with van der Waals surface area (Å²) >= 11 is 0. The smallest absolute Gasteiger partial charge is 0.0136 e. The minimum absolute atomic E-state index is 1.01. The van der Waals surface area contributed by atoms with Gasteiger partial charge in [0.2, 0.25) is 0 Å². The molecular formula is C14H18. The lowest BCUT2D eigenvalue weighted by Crippen LogP contribution is -1.96. The lowest BCUT2D eigenvalue weighted by Gasteiger charge is -2.11. The van der Waals surface area contributed by atoms with Crippen molar-refractivity contribution in [3.63, 3.8) is 0 Å². The number of hydrogen-bond donors (Lipinski definition) is 0. The van der Waals surface area contributed by atoms with E-state index in [4.69, 9.17) is 6.42 Å². The van der Waals surface area contributed by atoms with Crippen LogP contribution in [0.3, 0.4) is 0 Å². The highest BCUT2D eigenvalue weighted by Gasteiger charge is 2.08. The molecule has 0 aromatic carbocycles. The Hall–Kier alpha value is -1.14. The largest absolute Gasteiger partial charge is 0.115 e. The van der Waals surface area contributed by atoms with E-state index in [2.05, 4.69) is 24.7 Å². The fraction of sp³-hybridized carbons (Fsp3) is 0.571. The Morgan fingerprint density at radius 2 is 1.93 bits per heavy atom. The second kappa shape index (κ2) is 6.33. The normalized spacial score (nSPS) is 15.7. The Bertz CT molecular complexity index is 301. The first kappa shape index (κ1) is 10.9. The number of unbranched alkanes of at least 4 members (excludes halogenated alkanes) is 2. The van der Waals surface area contributed by atoms with Gasteiger partial charge >= 0.3 is 0 Å². The van der Waals surface area contributed by atoms with E-state index in [0.29, 0.717) is 0 Å². The number of hydrogen-bond acceptors (Lipinski definition) is 0. The molecule has 0 heteroatoms. The molecule has 0 N–H and O–H groups in total. The van der Waals surface area contributed by atoms with E-state index < -0.39 is 0 Å². The molecule has 0 aliphatic heterocycles. The SMILES string of the molecule is C#CC1=C(C#CCCCC)CCCC1. The van der Waals surface area contributed by atoms with Crippen molar-refractivity contribution in [3.8, 4) is 24.2 Å². The third-order valence-electron chi connectivity index (χ3n) is 2.54. The second-order valence-corrected chi connectivity index (χ2v) is 3.71. The standard InChI is InChI=1S/C14H18/c1-3-5-6-7-11-14-12-9-8-10-13(14)4-2/h2H,3,5-6,8-10,12H2,1H3. The van der Waals surface area contributed by atoms with Gasteiger partial charge in [-0.15, -0.1) is 6.42 Å². The highest BCUT2D eigenvalue weighted by Crippen LogP contribution is 2.23. The molecule has 0 atom stereocenters. The van der Waals surface area contributed by atoms with Crippen molar-refractivity contribution in [2.75, 3.05) is 0 Å². The van der Waals surface area contributed by atoms with Crippen LogP contribution in [-0.4, -0.2) is 0 Å². The van der Waals surface area contributed by atoms with Gasteiger partial charge in [0, 0.05) is 17.6 Å². The van der Waals surface area contributed by atoms with E-state index in [9.17, 15) is 0 Å². The molecule has 0 aromatic heterocycles. The Balaban J connectivity index is 2.59. The van der Waals surface area contributed by atoms with E-state index >= 15 is 0 Å². The summed E-state index contributed by atoms with van der Waals surface area (Å²) in [4.78, 5) is 0. The molecule has 0 unspecified atom stereocenters. The summed E-state index contributed by atoms with van der Waals surface area (Å²) < 4.78 is 0. The minimum Gasteiger partial charge on any atom is -0.115 e. The molecular weight excluding hydrogens is 168 g/mol. The van der Waals surface area contributed by atoms with Gasteiger partial charge in [-0.05, 0) is 32.1 Å². The highest BCUT2D eigenvalue weighted by atomic mass is 14.1. The quantitative estimate of drug-likeness (QED) is 0.456. The van der Waals surface area contributed by atoms with Gasteiger partial charge in [-0.2, -0.15) is 0 Å². The van der Waals surface area contributed by atoms with Crippen molar-refractivity contribution in [3.05, 3.63) is 11.1 Å². The van der Waals surface area contributed by atoms with Crippen molar-refractivity contribution in [2.45, 2.75) is 51.9 Å². The summed E-state index contributed by atoms with van der Waals surface area (Å²) in [6.45, 7) is 2.19. The van der Waals surface area contributed by atoms with Crippen LogP contribution < -0.4 is 0 Å². The zero-order valence-corrected chi connectivity index (χ0v) is 9.03. The highest BCUT2D eigenvalue weighted by molar-refractivity contribution is 5.43. The molecule has 74 valence electrons. The lowest BCUT2D eigenvalue weighted by atomic mass is 9.92. The van der Waals surface area contributed by atoms with Crippen LogP contribution in [0.1, 0.15) is 51.9 Å². The fourth-order valence-corrected chi connectivity index (χ4v) is 1.64. The first-order valence-corrected chi connectivity index (χ1v) is 5.56. The number of rotatable bonds is 2. The Morgan fingerprint density at radius 1 is 1.21 bits per heavy atom. The molecule has 0 spiro atoms. The first-order chi connectivity index (χ1) is 6.88. The molecule has 14 heavy (non-hydrogen) atoms. The average molecular weight is 186 g/mol. The summed E-state index contributed by atoms with van der Waals surface area (Å²) in [6, 6.07) is 0. The molecule has 0 radical (unpaired) electrons. The van der Waals surface area contributed by atoms with Gasteiger partial charge in [0.1, 0.15) is 0 Å². The summed E-state index contributed by atoms with van der Waals surface area (Å²) in [7, 11) is 0. The monoisotopic (exact) mass is 186 g/mol. The molecule has 0 amide bonds. The molecule has 0 aromatic rings. The third-order valence-corrected chi connectivity index (χ3v) is 2.54. The van der Waals surface area contributed by atoms with Crippen molar-refractivity contribution in [2.24, 2.45) is 0 Å². The van der Waals surface area contributed by atoms with E-state index in [1.165, 1.54) is 31.3 Å². The molecule has 0 saturated heterocycles. The molecule has 1 aliphatic rings. The summed E-state index contributed by atoms with van der Waals surface area (Å²) in [5.41, 5.74) is 2.38. The topological polar surface area (TPSA) is 0 Å². The van der Waals surface area contributed by atoms with Crippen LogP contribution in [0.2, 0.25) is 0 Å². The van der Waals surface area contributed by atoms with Gasteiger partial charge in [-0.1, -0.05) is 31.1 Å². The van der Waals surface area contributed by atoms with Crippen LogP contribution in [0.15, 0.2) is 11.1 Å². The van der Waals surface area contributed by atoms with E-state index in [1.54, 1.807) is 0 Å². The van der Waals surface area contributed by atoms with Gasteiger partial charge in [0.15, 0.2) is 0 Å². The predicted octanol–water partition coefficient (Wildman–Crippen LogP) is 3.68. The van der Waals surface area contributed by atoms with Crippen LogP contribution in [0.25, 0.3) is 0 Å². The van der Waals surface area contributed by atoms with Gasteiger partial charge in [-0.25, -0.2) is 0 Å². The molecule has 0 fully saturated rings. The van der Waals surface area contributed by atoms with Gasteiger partial charge < -0.3 is 0 Å². The van der Waals surface area contributed by atoms with Crippen LogP contribution in [-0.2, 0) is 0 Å². The average Bonchev–Trinajstić information content (AvgIpc) is 2.25. The molecule has 1 rings (SSSR count). The maximum Gasteiger partial charge on any atom is 0.0136 e. The zero-order chi connectivity index (χ0) is 10.2. The van der Waals surface area contributed by atoms with Crippen molar-refractivity contribution < 1.29 is 0 Å². The first-order valence-electron chi connectivity index (χ1n) is 5.56. The maximum atomic E-state index is 5.45. The molecule has 0 heterocycles. The summed E-state index contributed by atoms with van der Waals surface area (Å²) in [5.74, 6) is 9.23. The van der Waals surface area contributed by atoms with Crippen molar-refractivity contribution >= 4 is 0 Å². The Morgan fingerprint density at radius 3 is 2.57 bits per heavy atom. The van der Waals surface area contributed by atoms with Gasteiger partial charge in [0.05, 0.1) is 0 Å². The van der Waals surface area contributed by atoms with Crippen LogP contribution in [0, 0.1) is 24.2 Å². The molecule has 0 saturated carbocycles. The van der Waals surface area contributed by atoms with E-state index in [1.807, 2.05) is 0 Å². The zero-order valence-electron chi connectivity index (χ0n) is 9.03. The number of terminal acetylenes is 1. The fourth-order valence-electron chi connectivity index (χ4n) is 1.64. The van der Waals surface area contributed by atoms with Crippen LogP contribution >= 0.6 is 0 Å². The number of allylic oxidation sites excluding steroid dienone is 2. The van der Waals surface area contributed by atoms with Crippen molar-refractivity contribution in [1.29, 1.82) is 0 Å².